The molecule has 0 bridgehead atoms. The van der Waals surface area contributed by atoms with Gasteiger partial charge in [-0.15, -0.1) is 0 Å². The fourth-order valence-electron chi connectivity index (χ4n) is 1.39. The van der Waals surface area contributed by atoms with E-state index >= 15 is 0 Å². The van der Waals surface area contributed by atoms with Gasteiger partial charge in [-0.3, -0.25) is 0 Å². The summed E-state index contributed by atoms with van der Waals surface area (Å²) in [6.45, 7) is 1.59. The number of carbonyl (C=O) groups excluding carboxylic acids is 1. The van der Waals surface area contributed by atoms with Gasteiger partial charge in [0, 0.05) is 6.42 Å². The van der Waals surface area contributed by atoms with Crippen LogP contribution < -0.4 is 0 Å². The number of ketones is 1. The first-order valence-electron chi connectivity index (χ1n) is 4.93. The monoisotopic (exact) mass is 194 g/mol. The van der Waals surface area contributed by atoms with Crippen molar-refractivity contribution >= 4 is 5.78 Å². The Morgan fingerprint density at radius 2 is 2.00 bits per heavy atom. The van der Waals surface area contributed by atoms with Gasteiger partial charge in [0.25, 0.3) is 0 Å². The van der Waals surface area contributed by atoms with Crippen molar-refractivity contribution < 1.29 is 9.18 Å². The van der Waals surface area contributed by atoms with Gasteiger partial charge in [-0.25, -0.2) is 4.39 Å². The largest absolute Gasteiger partial charge is 0.300 e. The maximum atomic E-state index is 13.1. The minimum Gasteiger partial charge on any atom is -0.300 e. The third kappa shape index (κ3) is 3.69. The van der Waals surface area contributed by atoms with E-state index in [2.05, 4.69) is 0 Å². The van der Waals surface area contributed by atoms with E-state index in [1.807, 2.05) is 6.07 Å². The Bertz CT molecular complexity index is 307. The van der Waals surface area contributed by atoms with Crippen LogP contribution in [0, 0.1) is 5.82 Å². The van der Waals surface area contributed by atoms with E-state index in [0.29, 0.717) is 6.42 Å². The summed E-state index contributed by atoms with van der Waals surface area (Å²) in [5, 5.41) is 0. The van der Waals surface area contributed by atoms with Crippen LogP contribution in [0.4, 0.5) is 4.39 Å². The zero-order chi connectivity index (χ0) is 10.4. The summed E-state index contributed by atoms with van der Waals surface area (Å²) in [4.78, 5) is 10.6. The van der Waals surface area contributed by atoms with Crippen molar-refractivity contribution in [2.24, 2.45) is 0 Å². The van der Waals surface area contributed by atoms with Gasteiger partial charge in [0.05, 0.1) is 0 Å². The van der Waals surface area contributed by atoms with Gasteiger partial charge in [-0.05, 0) is 37.8 Å². The average Bonchev–Trinajstić information content (AvgIpc) is 2.15. The second-order valence-electron chi connectivity index (χ2n) is 3.50. The number of rotatable bonds is 5. The zero-order valence-electron chi connectivity index (χ0n) is 8.42. The van der Waals surface area contributed by atoms with Crippen LogP contribution in [0.15, 0.2) is 24.3 Å². The fourth-order valence-corrected chi connectivity index (χ4v) is 1.39. The Morgan fingerprint density at radius 3 is 2.64 bits per heavy atom. The van der Waals surface area contributed by atoms with Crippen LogP contribution in [0.3, 0.4) is 0 Å². The van der Waals surface area contributed by atoms with Gasteiger partial charge >= 0.3 is 0 Å². The number of benzene rings is 1. The van der Waals surface area contributed by atoms with E-state index in [1.54, 1.807) is 19.1 Å². The number of unbranched alkanes of at least 4 members (excludes halogenated alkanes) is 1. The smallest absolute Gasteiger partial charge is 0.129 e. The Morgan fingerprint density at radius 1 is 1.29 bits per heavy atom. The SMILES string of the molecule is CC(=O)CCCCc1ccccc1F. The van der Waals surface area contributed by atoms with Gasteiger partial charge in [-0.1, -0.05) is 18.2 Å². The molecule has 0 aliphatic heterocycles. The van der Waals surface area contributed by atoms with Crippen LogP contribution in [-0.4, -0.2) is 5.78 Å². The molecule has 0 unspecified atom stereocenters. The second-order valence-corrected chi connectivity index (χ2v) is 3.50. The van der Waals surface area contributed by atoms with Crippen LogP contribution in [0.2, 0.25) is 0 Å². The predicted molar refractivity (Wildman–Crippen MR) is 54.6 cm³/mol. The number of carbonyl (C=O) groups is 1. The second kappa shape index (κ2) is 5.53. The minimum absolute atomic E-state index is 0.143. The number of hydrogen-bond donors (Lipinski definition) is 0. The third-order valence-corrected chi connectivity index (χ3v) is 2.18. The summed E-state index contributed by atoms with van der Waals surface area (Å²) in [5.41, 5.74) is 0.746. The molecule has 76 valence electrons. The highest BCUT2D eigenvalue weighted by molar-refractivity contribution is 5.75. The molecule has 0 N–H and O–H groups in total. The highest BCUT2D eigenvalue weighted by Crippen LogP contribution is 2.10. The van der Waals surface area contributed by atoms with Gasteiger partial charge in [0.1, 0.15) is 11.6 Å². The van der Waals surface area contributed by atoms with E-state index < -0.39 is 0 Å². The summed E-state index contributed by atoms with van der Waals surface area (Å²) in [6, 6.07) is 6.79. The minimum atomic E-state index is -0.143. The molecular weight excluding hydrogens is 179 g/mol. The van der Waals surface area contributed by atoms with Crippen molar-refractivity contribution in [3.05, 3.63) is 35.6 Å². The molecule has 14 heavy (non-hydrogen) atoms. The summed E-state index contributed by atoms with van der Waals surface area (Å²) in [6.07, 6.45) is 3.05. The van der Waals surface area contributed by atoms with Crippen molar-refractivity contribution in [3.63, 3.8) is 0 Å². The molecule has 1 nitrogen and oxygen atoms in total. The van der Waals surface area contributed by atoms with Crippen molar-refractivity contribution in [1.29, 1.82) is 0 Å². The summed E-state index contributed by atoms with van der Waals surface area (Å²) in [5.74, 6) is 0.0638. The molecule has 0 radical (unpaired) electrons. The molecule has 0 atom stereocenters. The molecule has 0 aliphatic carbocycles. The molecule has 0 fully saturated rings. The van der Waals surface area contributed by atoms with Crippen LogP contribution in [0.5, 0.6) is 0 Å². The molecule has 1 rings (SSSR count). The Balaban J connectivity index is 2.31. The topological polar surface area (TPSA) is 17.1 Å². The van der Waals surface area contributed by atoms with E-state index in [9.17, 15) is 9.18 Å². The number of Topliss-reactive ketones (excluding diaryl/α,β-unsaturated/α-hetero) is 1. The quantitative estimate of drug-likeness (QED) is 0.658. The fraction of sp³-hybridized carbons (Fsp3) is 0.417. The molecular formula is C12H15FO. The Labute approximate surface area is 83.9 Å². The van der Waals surface area contributed by atoms with Crippen LogP contribution in [0.1, 0.15) is 31.7 Å². The molecule has 1 aromatic carbocycles. The van der Waals surface area contributed by atoms with E-state index in [-0.39, 0.29) is 11.6 Å². The third-order valence-electron chi connectivity index (χ3n) is 2.18. The van der Waals surface area contributed by atoms with Crippen molar-refractivity contribution in [2.75, 3.05) is 0 Å². The lowest BCUT2D eigenvalue weighted by molar-refractivity contribution is -0.117. The zero-order valence-corrected chi connectivity index (χ0v) is 8.42. The summed E-state index contributed by atoms with van der Waals surface area (Å²) < 4.78 is 13.1. The van der Waals surface area contributed by atoms with E-state index in [0.717, 1.165) is 24.8 Å². The van der Waals surface area contributed by atoms with E-state index in [4.69, 9.17) is 0 Å². The van der Waals surface area contributed by atoms with Gasteiger partial charge in [0.15, 0.2) is 0 Å². The van der Waals surface area contributed by atoms with Crippen LogP contribution >= 0.6 is 0 Å². The van der Waals surface area contributed by atoms with Crippen LogP contribution in [0.25, 0.3) is 0 Å². The first-order chi connectivity index (χ1) is 6.70. The van der Waals surface area contributed by atoms with Gasteiger partial charge in [-0.2, -0.15) is 0 Å². The maximum absolute atomic E-state index is 13.1. The van der Waals surface area contributed by atoms with Gasteiger partial charge < -0.3 is 4.79 Å². The van der Waals surface area contributed by atoms with E-state index in [1.165, 1.54) is 6.07 Å². The Hall–Kier alpha value is -1.18. The maximum Gasteiger partial charge on any atom is 0.129 e. The lowest BCUT2D eigenvalue weighted by atomic mass is 10.1. The molecule has 0 heterocycles. The van der Waals surface area contributed by atoms with Crippen LogP contribution in [-0.2, 0) is 11.2 Å². The molecule has 0 spiro atoms. The molecule has 0 saturated carbocycles. The lowest BCUT2D eigenvalue weighted by Crippen LogP contribution is -1.93. The van der Waals surface area contributed by atoms with Gasteiger partial charge in [0.2, 0.25) is 0 Å². The average molecular weight is 194 g/mol. The molecule has 0 saturated heterocycles. The van der Waals surface area contributed by atoms with Crippen molar-refractivity contribution in [3.8, 4) is 0 Å². The highest BCUT2D eigenvalue weighted by atomic mass is 19.1. The Kier molecular flexibility index (Phi) is 4.30. The first kappa shape index (κ1) is 10.9. The predicted octanol–water partition coefficient (Wildman–Crippen LogP) is 3.13. The first-order valence-corrected chi connectivity index (χ1v) is 4.93. The highest BCUT2D eigenvalue weighted by Gasteiger charge is 2.00. The van der Waals surface area contributed by atoms with Crippen molar-refractivity contribution in [1.82, 2.24) is 0 Å². The molecule has 0 aromatic heterocycles. The molecule has 0 amide bonds. The standard InChI is InChI=1S/C12H15FO/c1-10(14)6-2-3-7-11-8-4-5-9-12(11)13/h4-5,8-9H,2-3,6-7H2,1H3. The lowest BCUT2D eigenvalue weighted by Gasteiger charge is -2.01. The molecule has 1 aromatic rings. The molecule has 2 heteroatoms. The number of hydrogen-bond acceptors (Lipinski definition) is 1. The summed E-state index contributed by atoms with van der Waals surface area (Å²) >= 11 is 0. The van der Waals surface area contributed by atoms with Crippen molar-refractivity contribution in [2.45, 2.75) is 32.6 Å². The summed E-state index contributed by atoms with van der Waals surface area (Å²) in [7, 11) is 0. The number of aryl methyl sites for hydroxylation is 1. The number of halogens is 1. The normalized spacial score (nSPS) is 10.1. The molecule has 0 aliphatic rings.